The van der Waals surface area contributed by atoms with Crippen LogP contribution in [-0.4, -0.2) is 69.0 Å². The number of H-pyrrole nitrogens is 1. The lowest BCUT2D eigenvalue weighted by atomic mass is 10.1. The van der Waals surface area contributed by atoms with Gasteiger partial charge in [0.1, 0.15) is 18.3 Å². The maximum Gasteiger partial charge on any atom is 0.280 e. The van der Waals surface area contributed by atoms with Gasteiger partial charge in [0, 0.05) is 13.0 Å². The maximum atomic E-state index is 12.3. The number of aliphatic hydroxyl groups is 1. The molecule has 12 nitrogen and oxygen atoms in total. The molecule has 0 spiro atoms. The minimum atomic E-state index is -0.887. The fourth-order valence-corrected chi connectivity index (χ4v) is 3.22. The molecule has 2 aliphatic rings. The number of anilines is 1. The van der Waals surface area contributed by atoms with Gasteiger partial charge in [-0.1, -0.05) is 13.8 Å². The van der Waals surface area contributed by atoms with Gasteiger partial charge < -0.3 is 24.1 Å². The van der Waals surface area contributed by atoms with E-state index in [4.69, 9.17) is 18.9 Å². The van der Waals surface area contributed by atoms with Gasteiger partial charge in [0.25, 0.3) is 12.0 Å². The predicted molar refractivity (Wildman–Crippen MR) is 93.2 cm³/mol. The quantitative estimate of drug-likeness (QED) is 0.598. The van der Waals surface area contributed by atoms with Gasteiger partial charge in [-0.05, 0) is 0 Å². The van der Waals surface area contributed by atoms with E-state index >= 15 is 0 Å². The number of methoxy groups -OCH3 is 1. The molecule has 0 saturated carbocycles. The zero-order valence-electron chi connectivity index (χ0n) is 15.5. The van der Waals surface area contributed by atoms with Crippen molar-refractivity contribution in [1.29, 1.82) is 0 Å². The van der Waals surface area contributed by atoms with Gasteiger partial charge in [-0.25, -0.2) is 4.98 Å². The van der Waals surface area contributed by atoms with E-state index in [1.165, 1.54) is 18.0 Å². The number of imidazole rings is 1. The number of rotatable bonds is 5. The van der Waals surface area contributed by atoms with Crippen molar-refractivity contribution in [2.24, 2.45) is 5.92 Å². The summed E-state index contributed by atoms with van der Waals surface area (Å²) < 4.78 is 23.7. The van der Waals surface area contributed by atoms with E-state index in [2.05, 4.69) is 20.3 Å². The monoisotopic (exact) mass is 395 g/mol. The minimum Gasteiger partial charge on any atom is -0.394 e. The van der Waals surface area contributed by atoms with Crippen molar-refractivity contribution >= 4 is 23.0 Å². The first-order valence-electron chi connectivity index (χ1n) is 8.80. The second kappa shape index (κ2) is 7.22. The number of fused-ring (bicyclic) bond motifs is 2. The van der Waals surface area contributed by atoms with Crippen LogP contribution in [-0.2, 0) is 23.7 Å². The molecular formula is C16H21N5O7. The summed E-state index contributed by atoms with van der Waals surface area (Å²) in [6.45, 7) is 2.28. The summed E-state index contributed by atoms with van der Waals surface area (Å²) in [5.41, 5.74) is -0.221. The molecule has 12 heteroatoms. The number of aromatic amines is 1. The van der Waals surface area contributed by atoms with E-state index in [-0.39, 0.29) is 35.5 Å². The third kappa shape index (κ3) is 3.08. The smallest absolute Gasteiger partial charge is 0.280 e. The lowest BCUT2D eigenvalue weighted by Gasteiger charge is -2.20. The average Bonchev–Trinajstić information content (AvgIpc) is 3.34. The molecule has 152 valence electrons. The zero-order valence-corrected chi connectivity index (χ0v) is 15.5. The summed E-state index contributed by atoms with van der Waals surface area (Å²) >= 11 is 0. The largest absolute Gasteiger partial charge is 0.394 e. The van der Waals surface area contributed by atoms with E-state index in [0.29, 0.717) is 0 Å². The third-order valence-corrected chi connectivity index (χ3v) is 4.67. The highest BCUT2D eigenvalue weighted by atomic mass is 16.9. The van der Waals surface area contributed by atoms with Crippen LogP contribution < -0.4 is 10.9 Å². The zero-order chi connectivity index (χ0) is 20.0. The number of aromatic nitrogens is 4. The Hall–Kier alpha value is -2.38. The Morgan fingerprint density at radius 1 is 1.39 bits per heavy atom. The molecule has 5 unspecified atom stereocenters. The highest BCUT2D eigenvalue weighted by Crippen LogP contribution is 2.40. The standard InChI is InChI=1S/C16H21N5O7/c1-6(2)12(23)19-15-18-11-8(13(24)20-15)17-5-21(11)14-10-9(7(4-22)26-14)27-16(25-3)28-10/h5-7,9-10,14,16,22H,4H2,1-3H3,(H2,18,19,20,23,24). The molecule has 4 heterocycles. The number of carbonyl (C=O) groups is 1. The van der Waals surface area contributed by atoms with Crippen molar-refractivity contribution in [3.8, 4) is 0 Å². The van der Waals surface area contributed by atoms with E-state index in [1.807, 2.05) is 0 Å². The number of nitrogens with one attached hydrogen (secondary N) is 2. The van der Waals surface area contributed by atoms with Crippen LogP contribution in [0, 0.1) is 5.92 Å². The highest BCUT2D eigenvalue weighted by Gasteiger charge is 2.53. The van der Waals surface area contributed by atoms with E-state index in [0.717, 1.165) is 0 Å². The van der Waals surface area contributed by atoms with Crippen molar-refractivity contribution in [1.82, 2.24) is 19.5 Å². The van der Waals surface area contributed by atoms with Crippen molar-refractivity contribution in [2.75, 3.05) is 19.0 Å². The Balaban J connectivity index is 1.71. The van der Waals surface area contributed by atoms with Gasteiger partial charge in [-0.3, -0.25) is 24.5 Å². The minimum absolute atomic E-state index is 0.00423. The normalized spacial score (nSPS) is 29.5. The van der Waals surface area contributed by atoms with Gasteiger partial charge in [0.05, 0.1) is 12.9 Å². The summed E-state index contributed by atoms with van der Waals surface area (Å²) in [4.78, 5) is 35.2. The van der Waals surface area contributed by atoms with Crippen LogP contribution in [0.15, 0.2) is 11.1 Å². The second-order valence-corrected chi connectivity index (χ2v) is 6.86. The van der Waals surface area contributed by atoms with Gasteiger partial charge in [-0.15, -0.1) is 0 Å². The molecule has 2 aromatic rings. The van der Waals surface area contributed by atoms with Gasteiger partial charge >= 0.3 is 0 Å². The van der Waals surface area contributed by atoms with E-state index < -0.39 is 36.6 Å². The van der Waals surface area contributed by atoms with E-state index in [1.54, 1.807) is 13.8 Å². The molecule has 0 aromatic carbocycles. The van der Waals surface area contributed by atoms with Gasteiger partial charge in [0.2, 0.25) is 11.9 Å². The molecule has 28 heavy (non-hydrogen) atoms. The molecule has 4 rings (SSSR count). The molecular weight excluding hydrogens is 374 g/mol. The molecule has 0 bridgehead atoms. The molecule has 5 atom stereocenters. The summed E-state index contributed by atoms with van der Waals surface area (Å²) in [5.74, 6) is -0.573. The lowest BCUT2D eigenvalue weighted by Crippen LogP contribution is -2.31. The number of carbonyl (C=O) groups excluding carboxylic acids is 1. The number of ether oxygens (including phenoxy) is 4. The molecule has 3 N–H and O–H groups in total. The molecule has 0 radical (unpaired) electrons. The second-order valence-electron chi connectivity index (χ2n) is 6.86. The average molecular weight is 395 g/mol. The SMILES string of the molecule is COC1OC2C(CO)OC(n3cnc4c(=O)[nH]c(NC(=O)C(C)C)nc43)C2O1. The molecule has 0 aliphatic carbocycles. The summed E-state index contributed by atoms with van der Waals surface area (Å²) in [7, 11) is 1.44. The van der Waals surface area contributed by atoms with Crippen molar-refractivity contribution in [2.45, 2.75) is 44.9 Å². The number of hydrogen-bond acceptors (Lipinski definition) is 9. The first kappa shape index (κ1) is 19.0. The first-order valence-corrected chi connectivity index (χ1v) is 8.80. The molecule has 2 aromatic heterocycles. The van der Waals surface area contributed by atoms with Crippen molar-refractivity contribution in [3.05, 3.63) is 16.7 Å². The van der Waals surface area contributed by atoms with Crippen molar-refractivity contribution < 1.29 is 28.8 Å². The molecule has 1 amide bonds. The Morgan fingerprint density at radius 3 is 2.82 bits per heavy atom. The topological polar surface area (TPSA) is 150 Å². The van der Waals surface area contributed by atoms with Crippen LogP contribution in [0.25, 0.3) is 11.2 Å². The number of nitrogens with zero attached hydrogens (tertiary/aromatic N) is 3. The number of amides is 1. The summed E-state index contributed by atoms with van der Waals surface area (Å²) in [6.07, 6.45) is -1.16. The van der Waals surface area contributed by atoms with Crippen LogP contribution in [0.5, 0.6) is 0 Å². The van der Waals surface area contributed by atoms with Crippen LogP contribution >= 0.6 is 0 Å². The van der Waals surface area contributed by atoms with Crippen LogP contribution in [0.2, 0.25) is 0 Å². The Labute approximate surface area is 158 Å². The summed E-state index contributed by atoms with van der Waals surface area (Å²) in [6, 6.07) is 0. The fourth-order valence-electron chi connectivity index (χ4n) is 3.22. The highest BCUT2D eigenvalue weighted by molar-refractivity contribution is 5.91. The number of aliphatic hydroxyl groups excluding tert-OH is 1. The van der Waals surface area contributed by atoms with E-state index in [9.17, 15) is 14.7 Å². The molecule has 2 saturated heterocycles. The number of hydrogen-bond donors (Lipinski definition) is 3. The van der Waals surface area contributed by atoms with Crippen LogP contribution in [0.4, 0.5) is 5.95 Å². The molecule has 2 fully saturated rings. The Kier molecular flexibility index (Phi) is 4.89. The third-order valence-electron chi connectivity index (χ3n) is 4.67. The fraction of sp³-hybridized carbons (Fsp3) is 0.625. The van der Waals surface area contributed by atoms with Crippen LogP contribution in [0.1, 0.15) is 20.1 Å². The van der Waals surface area contributed by atoms with Crippen LogP contribution in [0.3, 0.4) is 0 Å². The summed E-state index contributed by atoms with van der Waals surface area (Å²) in [5, 5.41) is 12.2. The Bertz CT molecular complexity index is 941. The lowest BCUT2D eigenvalue weighted by molar-refractivity contribution is -0.256. The molecule has 2 aliphatic heterocycles. The maximum absolute atomic E-state index is 12.3. The predicted octanol–water partition coefficient (Wildman–Crippen LogP) is -0.682. The Morgan fingerprint density at radius 2 is 2.14 bits per heavy atom. The first-order chi connectivity index (χ1) is 13.4. The van der Waals surface area contributed by atoms with Gasteiger partial charge in [0.15, 0.2) is 17.4 Å². The van der Waals surface area contributed by atoms with Crippen molar-refractivity contribution in [3.63, 3.8) is 0 Å². The van der Waals surface area contributed by atoms with Gasteiger partial charge in [-0.2, -0.15) is 4.98 Å².